The molecule has 0 bridgehead atoms. The number of fused-ring (bicyclic) bond motifs is 1. The lowest BCUT2D eigenvalue weighted by atomic mass is 10.1. The number of aromatic nitrogens is 2. The van der Waals surface area contributed by atoms with Crippen LogP contribution in [0.1, 0.15) is 36.9 Å². The van der Waals surface area contributed by atoms with E-state index in [1.54, 1.807) is 11.8 Å². The van der Waals surface area contributed by atoms with Crippen molar-refractivity contribution < 1.29 is 22.6 Å². The van der Waals surface area contributed by atoms with E-state index < -0.39 is 23.1 Å². The van der Waals surface area contributed by atoms with E-state index in [4.69, 9.17) is 4.52 Å². The molecule has 0 saturated heterocycles. The molecule has 3 aliphatic rings. The molecule has 14 heteroatoms. The zero-order valence-electron chi connectivity index (χ0n) is 19.7. The second-order valence-electron chi connectivity index (χ2n) is 8.98. The van der Waals surface area contributed by atoms with Gasteiger partial charge in [0.05, 0.1) is 17.2 Å². The quantitative estimate of drug-likeness (QED) is 0.421. The molecule has 1 unspecified atom stereocenters. The number of rotatable bonds is 8. The fourth-order valence-corrected chi connectivity index (χ4v) is 7.13. The van der Waals surface area contributed by atoms with E-state index >= 15 is 0 Å². The maximum Gasteiger partial charge on any atom is 0.348 e. The standard InChI is InChI=1S/C22H26N5O6PS2/c1-33-34(30)17-11-15(26-36(2,31)32)5-6-16(17)23-21(25-34)18-20(28)19(14-8-10-35-12-14)24-27(22(18)29)9-7-13-3-4-13/h5-6,11-13,26,28H,3-4,7-10H2,1-2H3,(H,23,25,30). The Bertz CT molecular complexity index is 1510. The number of thioether (sulfide) groups is 1. The summed E-state index contributed by atoms with van der Waals surface area (Å²) in [5.41, 5.74) is 0.964. The van der Waals surface area contributed by atoms with Crippen LogP contribution >= 0.6 is 19.3 Å². The van der Waals surface area contributed by atoms with Crippen LogP contribution in [0, 0.1) is 5.92 Å². The first-order chi connectivity index (χ1) is 17.1. The number of aryl methyl sites for hydroxylation is 1. The maximum atomic E-state index is 13.8. The van der Waals surface area contributed by atoms with E-state index in [1.165, 1.54) is 30.0 Å². The summed E-state index contributed by atoms with van der Waals surface area (Å²) in [5.74, 6) is 1.00. The zero-order chi connectivity index (χ0) is 25.7. The second-order valence-corrected chi connectivity index (χ2v) is 13.8. The Kier molecular flexibility index (Phi) is 6.52. The smallest absolute Gasteiger partial charge is 0.348 e. The highest BCUT2D eigenvalue weighted by Gasteiger charge is 2.36. The van der Waals surface area contributed by atoms with Crippen molar-refractivity contribution in [3.05, 3.63) is 45.2 Å². The van der Waals surface area contributed by atoms with Crippen molar-refractivity contribution in [1.29, 1.82) is 0 Å². The highest BCUT2D eigenvalue weighted by Crippen LogP contribution is 2.52. The monoisotopic (exact) mass is 551 g/mol. The predicted molar refractivity (Wildman–Crippen MR) is 142 cm³/mol. The van der Waals surface area contributed by atoms with E-state index in [-0.39, 0.29) is 28.1 Å². The first kappa shape index (κ1) is 25.1. The lowest BCUT2D eigenvalue weighted by Gasteiger charge is -2.25. The summed E-state index contributed by atoms with van der Waals surface area (Å²) >= 11 is 1.61. The molecule has 1 aliphatic carbocycles. The maximum absolute atomic E-state index is 13.8. The van der Waals surface area contributed by atoms with Gasteiger partial charge in [0.25, 0.3) is 5.56 Å². The van der Waals surface area contributed by atoms with Crippen molar-refractivity contribution in [3.63, 3.8) is 0 Å². The number of sulfonamides is 1. The van der Waals surface area contributed by atoms with Crippen molar-refractivity contribution in [1.82, 2.24) is 9.78 Å². The van der Waals surface area contributed by atoms with Gasteiger partial charge in [0, 0.05) is 25.1 Å². The van der Waals surface area contributed by atoms with Crippen molar-refractivity contribution in [3.8, 4) is 5.75 Å². The third-order valence-corrected chi connectivity index (χ3v) is 9.60. The summed E-state index contributed by atoms with van der Waals surface area (Å²) in [6, 6.07) is 4.38. The highest BCUT2D eigenvalue weighted by molar-refractivity contribution is 8.02. The first-order valence-corrected chi connectivity index (χ1v) is 15.9. The Morgan fingerprint density at radius 1 is 1.36 bits per heavy atom. The molecule has 0 spiro atoms. The van der Waals surface area contributed by atoms with Crippen molar-refractivity contribution in [2.24, 2.45) is 10.7 Å². The van der Waals surface area contributed by atoms with Gasteiger partial charge in [-0.05, 0) is 47.9 Å². The van der Waals surface area contributed by atoms with Gasteiger partial charge in [0.2, 0.25) is 10.0 Å². The highest BCUT2D eigenvalue weighted by atomic mass is 32.2. The predicted octanol–water partition coefficient (Wildman–Crippen LogP) is 2.94. The number of benzene rings is 1. The van der Waals surface area contributed by atoms with Crippen LogP contribution in [0.25, 0.3) is 5.57 Å². The van der Waals surface area contributed by atoms with Crippen LogP contribution in [0.4, 0.5) is 11.4 Å². The molecule has 36 heavy (non-hydrogen) atoms. The van der Waals surface area contributed by atoms with E-state index in [2.05, 4.69) is 19.9 Å². The molecule has 1 aromatic heterocycles. The van der Waals surface area contributed by atoms with E-state index in [0.29, 0.717) is 30.3 Å². The van der Waals surface area contributed by atoms with Crippen molar-refractivity contribution >= 4 is 57.4 Å². The molecular weight excluding hydrogens is 525 g/mol. The number of anilines is 2. The minimum atomic E-state index is -3.92. The van der Waals surface area contributed by atoms with Crippen LogP contribution in [0.5, 0.6) is 5.75 Å². The zero-order valence-corrected chi connectivity index (χ0v) is 22.3. The lowest BCUT2D eigenvalue weighted by molar-refractivity contribution is 0.404. The molecule has 3 heterocycles. The van der Waals surface area contributed by atoms with Gasteiger partial charge in [-0.15, -0.1) is 11.8 Å². The molecule has 0 radical (unpaired) electrons. The minimum absolute atomic E-state index is 0.0888. The van der Waals surface area contributed by atoms with Gasteiger partial charge >= 0.3 is 7.52 Å². The normalized spacial score (nSPS) is 21.4. The molecule has 2 aliphatic heterocycles. The topological polar surface area (TPSA) is 152 Å². The van der Waals surface area contributed by atoms with Crippen LogP contribution in [-0.2, 0) is 25.7 Å². The Morgan fingerprint density at radius 2 is 2.14 bits per heavy atom. The molecule has 1 saturated carbocycles. The molecule has 1 atom stereocenters. The lowest BCUT2D eigenvalue weighted by Crippen LogP contribution is -2.35. The Hall–Kier alpha value is -2.60. The number of hydrogen-bond donors (Lipinski definition) is 3. The third-order valence-electron chi connectivity index (χ3n) is 6.17. The molecule has 11 nitrogen and oxygen atoms in total. The van der Waals surface area contributed by atoms with Crippen LogP contribution < -0.4 is 20.9 Å². The van der Waals surface area contributed by atoms with Crippen molar-refractivity contribution in [2.45, 2.75) is 32.2 Å². The third kappa shape index (κ3) is 4.97. The summed E-state index contributed by atoms with van der Waals surface area (Å²) in [7, 11) is -6.27. The van der Waals surface area contributed by atoms with Crippen LogP contribution in [-0.4, -0.2) is 48.3 Å². The summed E-state index contributed by atoms with van der Waals surface area (Å²) in [6.07, 6.45) is 4.77. The number of amidine groups is 1. The molecule has 5 rings (SSSR count). The summed E-state index contributed by atoms with van der Waals surface area (Å²) < 4.78 is 50.3. The Labute approximate surface area is 212 Å². The van der Waals surface area contributed by atoms with Gasteiger partial charge in [0.1, 0.15) is 11.3 Å². The average Bonchev–Trinajstić information content (AvgIpc) is 3.49. The molecule has 1 aromatic carbocycles. The largest absolute Gasteiger partial charge is 0.505 e. The second kappa shape index (κ2) is 9.37. The molecule has 3 N–H and O–H groups in total. The minimum Gasteiger partial charge on any atom is -0.505 e. The molecule has 0 amide bonds. The number of nitrogens with one attached hydrogen (secondary N) is 2. The SMILES string of the molecule is COP1(=O)N=C(c2c(O)c(C3=CSCC3)nn(CCC3CC3)c2=O)Nc2ccc(NS(C)(=O)=O)cc21. The fourth-order valence-electron chi connectivity index (χ4n) is 4.15. The Morgan fingerprint density at radius 3 is 2.78 bits per heavy atom. The van der Waals surface area contributed by atoms with E-state index in [0.717, 1.165) is 36.8 Å². The molecular formula is C22H26N5O6PS2. The summed E-state index contributed by atoms with van der Waals surface area (Å²) in [4.78, 5) is 13.5. The average molecular weight is 552 g/mol. The van der Waals surface area contributed by atoms with Gasteiger partial charge in [-0.3, -0.25) is 14.1 Å². The van der Waals surface area contributed by atoms with Crippen LogP contribution in [0.15, 0.2) is 33.2 Å². The van der Waals surface area contributed by atoms with Gasteiger partial charge in [-0.1, -0.05) is 12.8 Å². The summed E-state index contributed by atoms with van der Waals surface area (Å²) in [6.45, 7) is 0.399. The molecule has 192 valence electrons. The van der Waals surface area contributed by atoms with Gasteiger partial charge in [0.15, 0.2) is 11.6 Å². The number of aromatic hydroxyl groups is 1. The van der Waals surface area contributed by atoms with E-state index in [1.807, 2.05) is 5.41 Å². The van der Waals surface area contributed by atoms with Crippen LogP contribution in [0.3, 0.4) is 0 Å². The number of nitrogens with zero attached hydrogens (tertiary/aromatic N) is 3. The van der Waals surface area contributed by atoms with Crippen LogP contribution in [0.2, 0.25) is 0 Å². The van der Waals surface area contributed by atoms with E-state index in [9.17, 15) is 22.9 Å². The van der Waals surface area contributed by atoms with Crippen molar-refractivity contribution in [2.75, 3.05) is 29.2 Å². The Balaban J connectivity index is 1.63. The first-order valence-electron chi connectivity index (χ1n) is 11.4. The van der Waals surface area contributed by atoms with Gasteiger partial charge in [-0.2, -0.15) is 9.86 Å². The number of hydrogen-bond acceptors (Lipinski definition) is 9. The summed E-state index contributed by atoms with van der Waals surface area (Å²) in [5, 5.41) is 20.7. The molecule has 2 aromatic rings. The number of allylic oxidation sites excluding steroid dienone is 1. The fraction of sp³-hybridized carbons (Fsp3) is 0.409. The van der Waals surface area contributed by atoms with Gasteiger partial charge < -0.3 is 14.9 Å². The van der Waals surface area contributed by atoms with Gasteiger partial charge in [-0.25, -0.2) is 13.1 Å². The molecule has 1 fully saturated rings.